The lowest BCUT2D eigenvalue weighted by Crippen LogP contribution is -2.27. The van der Waals surface area contributed by atoms with Gasteiger partial charge in [0, 0.05) is 28.8 Å². The molecule has 5 heteroatoms. The Morgan fingerprint density at radius 3 is 2.62 bits per heavy atom. The number of rotatable bonds is 8. The fraction of sp³-hybridized carbons (Fsp3) is 0.500. The number of carbonyl (C=O) groups is 2. The lowest BCUT2D eigenvalue weighted by Gasteiger charge is -2.23. The molecule has 0 bridgehead atoms. The molecule has 0 atom stereocenters. The summed E-state index contributed by atoms with van der Waals surface area (Å²) >= 11 is 1.64. The highest BCUT2D eigenvalue weighted by atomic mass is 32.1. The van der Waals surface area contributed by atoms with Crippen molar-refractivity contribution in [1.82, 2.24) is 5.32 Å². The van der Waals surface area contributed by atoms with E-state index >= 15 is 0 Å². The highest BCUT2D eigenvalue weighted by molar-refractivity contribution is 7.12. The number of amides is 1. The fourth-order valence-electron chi connectivity index (χ4n) is 1.85. The Morgan fingerprint density at radius 1 is 1.33 bits per heavy atom. The average molecular weight is 309 g/mol. The summed E-state index contributed by atoms with van der Waals surface area (Å²) in [5, 5.41) is 11.5. The smallest absolute Gasteiger partial charge is 0.303 e. The second kappa shape index (κ2) is 7.98. The van der Waals surface area contributed by atoms with E-state index in [9.17, 15) is 9.59 Å². The van der Waals surface area contributed by atoms with Gasteiger partial charge in [0.15, 0.2) is 0 Å². The first-order valence-corrected chi connectivity index (χ1v) is 7.84. The van der Waals surface area contributed by atoms with Gasteiger partial charge in [0.2, 0.25) is 5.91 Å². The highest BCUT2D eigenvalue weighted by Gasteiger charge is 2.18. The number of nitrogens with one attached hydrogen (secondary N) is 1. The van der Waals surface area contributed by atoms with Crippen LogP contribution in [0.3, 0.4) is 0 Å². The molecular formula is C16H23NO3S. The maximum absolute atomic E-state index is 11.7. The van der Waals surface area contributed by atoms with Crippen molar-refractivity contribution >= 4 is 29.3 Å². The molecule has 1 aromatic heterocycles. The Morgan fingerprint density at radius 2 is 2.05 bits per heavy atom. The molecule has 0 unspecified atom stereocenters. The van der Waals surface area contributed by atoms with E-state index in [-0.39, 0.29) is 17.7 Å². The molecule has 0 aliphatic rings. The molecule has 0 saturated heterocycles. The average Bonchev–Trinajstić information content (AvgIpc) is 2.80. The number of aryl methyl sites for hydroxylation is 1. The molecule has 21 heavy (non-hydrogen) atoms. The summed E-state index contributed by atoms with van der Waals surface area (Å²) in [5.41, 5.74) is -0.0831. The zero-order valence-corrected chi connectivity index (χ0v) is 13.6. The van der Waals surface area contributed by atoms with Crippen LogP contribution in [0.2, 0.25) is 0 Å². The van der Waals surface area contributed by atoms with Crippen molar-refractivity contribution in [3.63, 3.8) is 0 Å². The van der Waals surface area contributed by atoms with Gasteiger partial charge < -0.3 is 10.4 Å². The van der Waals surface area contributed by atoms with Crippen LogP contribution in [0.4, 0.5) is 0 Å². The number of aliphatic carboxylic acids is 1. The minimum absolute atomic E-state index is 0.0831. The Bertz CT molecular complexity index is 517. The van der Waals surface area contributed by atoms with Crippen LogP contribution < -0.4 is 5.32 Å². The normalized spacial score (nSPS) is 11.8. The maximum atomic E-state index is 11.7. The first kappa shape index (κ1) is 17.4. The second-order valence-corrected chi connectivity index (χ2v) is 7.20. The van der Waals surface area contributed by atoms with Gasteiger partial charge in [-0.25, -0.2) is 0 Å². The SMILES string of the molecule is Cc1ccc(C=CC(=O)NCCC(C)(C)CCC(=O)O)s1. The van der Waals surface area contributed by atoms with Crippen molar-refractivity contribution in [3.05, 3.63) is 28.0 Å². The topological polar surface area (TPSA) is 66.4 Å². The molecule has 0 spiro atoms. The zero-order valence-electron chi connectivity index (χ0n) is 12.8. The van der Waals surface area contributed by atoms with Gasteiger partial charge in [-0.1, -0.05) is 13.8 Å². The summed E-state index contributed by atoms with van der Waals surface area (Å²) in [6.45, 7) is 6.62. The zero-order chi connectivity index (χ0) is 15.9. The third-order valence-electron chi connectivity index (χ3n) is 3.28. The minimum Gasteiger partial charge on any atom is -0.481 e. The molecule has 1 rings (SSSR count). The molecule has 4 nitrogen and oxygen atoms in total. The summed E-state index contributed by atoms with van der Waals surface area (Å²) in [7, 11) is 0. The Labute approximate surface area is 129 Å². The number of thiophene rings is 1. The van der Waals surface area contributed by atoms with Gasteiger partial charge in [-0.05, 0) is 43.4 Å². The van der Waals surface area contributed by atoms with Crippen molar-refractivity contribution in [2.75, 3.05) is 6.54 Å². The van der Waals surface area contributed by atoms with Crippen LogP contribution in [0.15, 0.2) is 18.2 Å². The Balaban J connectivity index is 2.29. The summed E-state index contributed by atoms with van der Waals surface area (Å²) in [4.78, 5) is 24.5. The molecule has 1 aromatic rings. The largest absolute Gasteiger partial charge is 0.481 e. The number of carboxylic acids is 1. The molecule has 2 N–H and O–H groups in total. The van der Waals surface area contributed by atoms with E-state index in [2.05, 4.69) is 5.32 Å². The summed E-state index contributed by atoms with van der Waals surface area (Å²) in [5.74, 6) is -0.892. The Kier molecular flexibility index (Phi) is 6.62. The number of hydrogen-bond donors (Lipinski definition) is 2. The molecule has 0 aliphatic carbocycles. The van der Waals surface area contributed by atoms with Crippen molar-refractivity contribution in [3.8, 4) is 0 Å². The predicted octanol–water partition coefficient (Wildman–Crippen LogP) is 3.47. The fourth-order valence-corrected chi connectivity index (χ4v) is 2.63. The third-order valence-corrected chi connectivity index (χ3v) is 4.24. The maximum Gasteiger partial charge on any atom is 0.303 e. The van der Waals surface area contributed by atoms with Crippen LogP contribution >= 0.6 is 11.3 Å². The molecule has 0 radical (unpaired) electrons. The van der Waals surface area contributed by atoms with E-state index in [1.807, 2.05) is 39.0 Å². The van der Waals surface area contributed by atoms with E-state index in [0.29, 0.717) is 13.0 Å². The van der Waals surface area contributed by atoms with Crippen molar-refractivity contribution in [1.29, 1.82) is 0 Å². The van der Waals surface area contributed by atoms with Crippen molar-refractivity contribution in [2.45, 2.75) is 40.0 Å². The first-order chi connectivity index (χ1) is 9.78. The highest BCUT2D eigenvalue weighted by Crippen LogP contribution is 2.26. The lowest BCUT2D eigenvalue weighted by molar-refractivity contribution is -0.137. The number of carbonyl (C=O) groups excluding carboxylic acids is 1. The molecule has 0 aromatic carbocycles. The number of carboxylic acid groups (broad SMARTS) is 1. The van der Waals surface area contributed by atoms with Crippen LogP contribution in [-0.2, 0) is 9.59 Å². The van der Waals surface area contributed by atoms with E-state index < -0.39 is 5.97 Å². The lowest BCUT2D eigenvalue weighted by atomic mass is 9.84. The van der Waals surface area contributed by atoms with Crippen LogP contribution in [0.1, 0.15) is 42.9 Å². The van der Waals surface area contributed by atoms with Crippen LogP contribution in [0.5, 0.6) is 0 Å². The molecule has 0 saturated carbocycles. The van der Waals surface area contributed by atoms with Crippen molar-refractivity contribution in [2.24, 2.45) is 5.41 Å². The summed E-state index contributed by atoms with van der Waals surface area (Å²) in [6.07, 6.45) is 4.89. The van der Waals surface area contributed by atoms with E-state index in [1.54, 1.807) is 11.3 Å². The van der Waals surface area contributed by atoms with Gasteiger partial charge in [-0.3, -0.25) is 9.59 Å². The van der Waals surface area contributed by atoms with Gasteiger partial charge in [-0.15, -0.1) is 11.3 Å². The second-order valence-electron chi connectivity index (χ2n) is 5.88. The van der Waals surface area contributed by atoms with E-state index in [1.165, 1.54) is 11.0 Å². The molecule has 1 amide bonds. The molecule has 1 heterocycles. The number of hydrogen-bond acceptors (Lipinski definition) is 3. The standard InChI is InChI=1S/C16H23NO3S/c1-12-4-5-13(21-12)6-7-14(18)17-11-10-16(2,3)9-8-15(19)20/h4-7H,8-11H2,1-3H3,(H,17,18)(H,19,20). The molecule has 116 valence electrons. The Hall–Kier alpha value is -1.62. The quantitative estimate of drug-likeness (QED) is 0.723. The van der Waals surface area contributed by atoms with E-state index in [0.717, 1.165) is 11.3 Å². The minimum atomic E-state index is -0.777. The molecular weight excluding hydrogens is 286 g/mol. The van der Waals surface area contributed by atoms with Crippen LogP contribution in [-0.4, -0.2) is 23.5 Å². The van der Waals surface area contributed by atoms with Gasteiger partial charge in [0.1, 0.15) is 0 Å². The van der Waals surface area contributed by atoms with E-state index in [4.69, 9.17) is 5.11 Å². The third kappa shape index (κ3) is 7.66. The van der Waals surface area contributed by atoms with Gasteiger partial charge in [0.05, 0.1) is 0 Å². The predicted molar refractivity (Wildman–Crippen MR) is 86.4 cm³/mol. The van der Waals surface area contributed by atoms with Crippen LogP contribution in [0, 0.1) is 12.3 Å². The van der Waals surface area contributed by atoms with Gasteiger partial charge in [-0.2, -0.15) is 0 Å². The molecule has 0 fully saturated rings. The monoisotopic (exact) mass is 309 g/mol. The van der Waals surface area contributed by atoms with Crippen molar-refractivity contribution < 1.29 is 14.7 Å². The first-order valence-electron chi connectivity index (χ1n) is 7.03. The van der Waals surface area contributed by atoms with Gasteiger partial charge in [0.25, 0.3) is 0 Å². The van der Waals surface area contributed by atoms with Crippen LogP contribution in [0.25, 0.3) is 6.08 Å². The summed E-state index contributed by atoms with van der Waals surface area (Å²) in [6, 6.07) is 4.01. The van der Waals surface area contributed by atoms with Gasteiger partial charge >= 0.3 is 5.97 Å². The molecule has 0 aliphatic heterocycles. The summed E-state index contributed by atoms with van der Waals surface area (Å²) < 4.78 is 0.